The van der Waals surface area contributed by atoms with Crippen LogP contribution in [0.3, 0.4) is 0 Å². The first-order valence-electron chi connectivity index (χ1n) is 6.50. The van der Waals surface area contributed by atoms with Gasteiger partial charge in [-0.25, -0.2) is 0 Å². The van der Waals surface area contributed by atoms with E-state index in [4.69, 9.17) is 0 Å². The summed E-state index contributed by atoms with van der Waals surface area (Å²) < 4.78 is 36.6. The van der Waals surface area contributed by atoms with Gasteiger partial charge < -0.3 is 15.3 Å². The molecule has 120 valence electrons. The van der Waals surface area contributed by atoms with Crippen molar-refractivity contribution >= 4 is 11.8 Å². The molecular weight excluding hydrogens is 301 g/mol. The number of aliphatic hydroxyl groups is 1. The number of benzene rings is 1. The number of nitrogens with zero attached hydrogens (tertiary/aromatic N) is 1. The zero-order valence-corrected chi connectivity index (χ0v) is 13.2. The van der Waals surface area contributed by atoms with Gasteiger partial charge in [0.1, 0.15) is 0 Å². The van der Waals surface area contributed by atoms with Gasteiger partial charge in [0.2, 0.25) is 0 Å². The van der Waals surface area contributed by atoms with Gasteiger partial charge >= 0.3 is 5.51 Å². The van der Waals surface area contributed by atoms with E-state index in [0.29, 0.717) is 19.6 Å². The summed E-state index contributed by atoms with van der Waals surface area (Å²) in [6.45, 7) is 3.18. The van der Waals surface area contributed by atoms with Crippen molar-refractivity contribution in [2.45, 2.75) is 29.5 Å². The predicted molar refractivity (Wildman–Crippen MR) is 79.2 cm³/mol. The molecule has 1 atom stereocenters. The Hall–Kier alpha value is -0.760. The molecule has 0 saturated heterocycles. The van der Waals surface area contributed by atoms with Crippen molar-refractivity contribution in [2.24, 2.45) is 0 Å². The summed E-state index contributed by atoms with van der Waals surface area (Å²) in [5.41, 5.74) is -4.23. The summed E-state index contributed by atoms with van der Waals surface area (Å²) in [4.78, 5) is 2.07. The molecule has 0 fully saturated rings. The van der Waals surface area contributed by atoms with Crippen LogP contribution in [0.4, 0.5) is 13.2 Å². The van der Waals surface area contributed by atoms with Crippen molar-refractivity contribution in [2.75, 3.05) is 27.2 Å². The average Bonchev–Trinajstić information content (AvgIpc) is 2.27. The molecule has 0 aromatic heterocycles. The number of rotatable bonds is 7. The zero-order valence-electron chi connectivity index (χ0n) is 12.4. The number of likely N-dealkylation sites (N-methyl/N-ethyl adjacent to an activating group) is 1. The number of thioether (sulfide) groups is 1. The maximum absolute atomic E-state index is 12.2. The van der Waals surface area contributed by atoms with E-state index >= 15 is 0 Å². The number of hydrogen-bond acceptors (Lipinski definition) is 4. The Morgan fingerprint density at radius 1 is 1.19 bits per heavy atom. The lowest BCUT2D eigenvalue weighted by Gasteiger charge is -2.27. The van der Waals surface area contributed by atoms with Crippen molar-refractivity contribution in [3.8, 4) is 0 Å². The lowest BCUT2D eigenvalue weighted by Crippen LogP contribution is -2.45. The van der Waals surface area contributed by atoms with Crippen LogP contribution in [-0.2, 0) is 6.54 Å². The summed E-state index contributed by atoms with van der Waals surface area (Å²) >= 11 is -0.122. The second-order valence-electron chi connectivity index (χ2n) is 5.53. The molecule has 21 heavy (non-hydrogen) atoms. The second kappa shape index (κ2) is 7.49. The topological polar surface area (TPSA) is 35.5 Å². The van der Waals surface area contributed by atoms with Gasteiger partial charge in [0.05, 0.1) is 5.60 Å². The van der Waals surface area contributed by atoms with Gasteiger partial charge in [-0.05, 0) is 50.5 Å². The summed E-state index contributed by atoms with van der Waals surface area (Å²) in [5.74, 6) is 0. The lowest BCUT2D eigenvalue weighted by molar-refractivity contribution is -0.0328. The standard InChI is InChI=1S/C14H21F3N2OS/c1-13(20,10-19(2)3)9-18-8-11-4-6-12(7-5-11)21-14(15,16)17/h4-7,18,20H,8-10H2,1-3H3. The summed E-state index contributed by atoms with van der Waals surface area (Å²) in [6.07, 6.45) is 0. The summed E-state index contributed by atoms with van der Waals surface area (Å²) in [5, 5.41) is 13.2. The van der Waals surface area contributed by atoms with Crippen LogP contribution in [0.15, 0.2) is 29.2 Å². The highest BCUT2D eigenvalue weighted by Gasteiger charge is 2.29. The van der Waals surface area contributed by atoms with Crippen molar-refractivity contribution in [3.05, 3.63) is 29.8 Å². The Morgan fingerprint density at radius 2 is 1.76 bits per heavy atom. The minimum Gasteiger partial charge on any atom is -0.388 e. The molecule has 0 aliphatic carbocycles. The minimum atomic E-state index is -4.26. The van der Waals surface area contributed by atoms with E-state index in [1.54, 1.807) is 19.1 Å². The zero-order chi connectivity index (χ0) is 16.1. The molecule has 0 saturated carbocycles. The lowest BCUT2D eigenvalue weighted by atomic mass is 10.1. The SMILES string of the molecule is CN(C)CC(C)(O)CNCc1ccc(SC(F)(F)F)cc1. The van der Waals surface area contributed by atoms with E-state index in [-0.39, 0.29) is 16.7 Å². The molecule has 0 bridgehead atoms. The normalized spacial score (nSPS) is 15.2. The Bertz CT molecular complexity index is 433. The summed E-state index contributed by atoms with van der Waals surface area (Å²) in [6, 6.07) is 6.21. The van der Waals surface area contributed by atoms with E-state index < -0.39 is 11.1 Å². The number of halogens is 3. The van der Waals surface area contributed by atoms with Crippen LogP contribution >= 0.6 is 11.8 Å². The number of nitrogens with one attached hydrogen (secondary N) is 1. The van der Waals surface area contributed by atoms with Crippen LogP contribution in [0, 0.1) is 0 Å². The minimum absolute atomic E-state index is 0.122. The van der Waals surface area contributed by atoms with Crippen molar-refractivity contribution in [3.63, 3.8) is 0 Å². The first kappa shape index (κ1) is 18.3. The maximum atomic E-state index is 12.2. The van der Waals surface area contributed by atoms with Crippen LogP contribution in [0.2, 0.25) is 0 Å². The molecule has 1 aromatic carbocycles. The highest BCUT2D eigenvalue weighted by Crippen LogP contribution is 2.36. The highest BCUT2D eigenvalue weighted by molar-refractivity contribution is 8.00. The van der Waals surface area contributed by atoms with Gasteiger partial charge in [-0.2, -0.15) is 13.2 Å². The Balaban J connectivity index is 2.43. The summed E-state index contributed by atoms with van der Waals surface area (Å²) in [7, 11) is 3.76. The first-order valence-corrected chi connectivity index (χ1v) is 7.32. The molecule has 3 nitrogen and oxygen atoms in total. The molecular formula is C14H21F3N2OS. The van der Waals surface area contributed by atoms with Crippen LogP contribution in [0.25, 0.3) is 0 Å². The van der Waals surface area contributed by atoms with E-state index in [0.717, 1.165) is 5.56 Å². The van der Waals surface area contributed by atoms with Crippen LogP contribution in [0.1, 0.15) is 12.5 Å². The maximum Gasteiger partial charge on any atom is 0.446 e. The van der Waals surface area contributed by atoms with Gasteiger partial charge in [0, 0.05) is 24.5 Å². The largest absolute Gasteiger partial charge is 0.446 e. The smallest absolute Gasteiger partial charge is 0.388 e. The number of alkyl halides is 3. The van der Waals surface area contributed by atoms with E-state index in [2.05, 4.69) is 5.32 Å². The van der Waals surface area contributed by atoms with Crippen LogP contribution in [-0.4, -0.2) is 48.3 Å². The van der Waals surface area contributed by atoms with Gasteiger partial charge in [-0.15, -0.1) is 0 Å². The fourth-order valence-electron chi connectivity index (χ4n) is 2.02. The Labute approximate surface area is 127 Å². The molecule has 0 heterocycles. The molecule has 0 spiro atoms. The predicted octanol–water partition coefficient (Wildman–Crippen LogP) is 2.70. The molecule has 0 radical (unpaired) electrons. The Kier molecular flexibility index (Phi) is 6.52. The van der Waals surface area contributed by atoms with E-state index in [1.165, 1.54) is 12.1 Å². The second-order valence-corrected chi connectivity index (χ2v) is 6.67. The van der Waals surface area contributed by atoms with Crippen LogP contribution < -0.4 is 5.32 Å². The van der Waals surface area contributed by atoms with Crippen molar-refractivity contribution in [1.82, 2.24) is 10.2 Å². The van der Waals surface area contributed by atoms with Crippen molar-refractivity contribution < 1.29 is 18.3 Å². The molecule has 0 aliphatic rings. The monoisotopic (exact) mass is 322 g/mol. The van der Waals surface area contributed by atoms with Gasteiger partial charge in [0.25, 0.3) is 0 Å². The molecule has 2 N–H and O–H groups in total. The average molecular weight is 322 g/mol. The fourth-order valence-corrected chi connectivity index (χ4v) is 2.56. The molecule has 7 heteroatoms. The first-order chi connectivity index (χ1) is 9.57. The fraction of sp³-hybridized carbons (Fsp3) is 0.571. The third-order valence-corrected chi connectivity index (χ3v) is 3.39. The highest BCUT2D eigenvalue weighted by atomic mass is 32.2. The quantitative estimate of drug-likeness (QED) is 0.757. The number of hydrogen-bond donors (Lipinski definition) is 2. The van der Waals surface area contributed by atoms with Gasteiger partial charge in [-0.3, -0.25) is 0 Å². The molecule has 0 aliphatic heterocycles. The van der Waals surface area contributed by atoms with Gasteiger partial charge in [-0.1, -0.05) is 12.1 Å². The third-order valence-electron chi connectivity index (χ3n) is 2.65. The molecule has 1 rings (SSSR count). The molecule has 0 amide bonds. The van der Waals surface area contributed by atoms with Gasteiger partial charge in [0.15, 0.2) is 0 Å². The van der Waals surface area contributed by atoms with E-state index in [9.17, 15) is 18.3 Å². The molecule has 1 unspecified atom stereocenters. The van der Waals surface area contributed by atoms with Crippen LogP contribution in [0.5, 0.6) is 0 Å². The van der Waals surface area contributed by atoms with E-state index in [1.807, 2.05) is 19.0 Å². The molecule has 1 aromatic rings. The van der Waals surface area contributed by atoms with Crippen molar-refractivity contribution in [1.29, 1.82) is 0 Å². The Morgan fingerprint density at radius 3 is 2.24 bits per heavy atom. The third kappa shape index (κ3) is 8.31.